The quantitative estimate of drug-likeness (QED) is 0.744. The van der Waals surface area contributed by atoms with Crippen LogP contribution in [0.25, 0.3) is 10.8 Å². The van der Waals surface area contributed by atoms with Crippen molar-refractivity contribution < 1.29 is 19.5 Å². The number of carboxylic acids is 1. The highest BCUT2D eigenvalue weighted by molar-refractivity contribution is 5.93. The third kappa shape index (κ3) is 3.37. The largest absolute Gasteiger partial charge is 0.480 e. The van der Waals surface area contributed by atoms with Gasteiger partial charge in [-0.1, -0.05) is 42.5 Å². The lowest BCUT2D eigenvalue weighted by Crippen LogP contribution is -2.47. The Morgan fingerprint density at radius 3 is 2.42 bits per heavy atom. The standard InChI is InChI=1S/C18H18N2O4/c21-15(19-11-16(22)20-18(8-9-18)17(23)24)10-13-6-3-5-12-4-1-2-7-14(12)13/h1-7H,8-11H2,(H,19,21)(H,20,22)(H,23,24). The van der Waals surface area contributed by atoms with Gasteiger partial charge in [0.25, 0.3) is 0 Å². The van der Waals surface area contributed by atoms with E-state index in [9.17, 15) is 14.4 Å². The van der Waals surface area contributed by atoms with E-state index in [-0.39, 0.29) is 18.9 Å². The lowest BCUT2D eigenvalue weighted by Gasteiger charge is -2.13. The molecule has 0 saturated heterocycles. The molecule has 0 spiro atoms. The first kappa shape index (κ1) is 16.0. The van der Waals surface area contributed by atoms with Crippen molar-refractivity contribution in [3.63, 3.8) is 0 Å². The van der Waals surface area contributed by atoms with Crippen LogP contribution >= 0.6 is 0 Å². The van der Waals surface area contributed by atoms with Crippen molar-refractivity contribution in [2.45, 2.75) is 24.8 Å². The SMILES string of the molecule is O=C(Cc1cccc2ccccc12)NCC(=O)NC1(C(=O)O)CC1. The molecule has 2 amide bonds. The van der Waals surface area contributed by atoms with Gasteiger partial charge in [0, 0.05) is 0 Å². The molecule has 1 aliphatic carbocycles. The van der Waals surface area contributed by atoms with Gasteiger partial charge in [0.1, 0.15) is 5.54 Å². The highest BCUT2D eigenvalue weighted by atomic mass is 16.4. The van der Waals surface area contributed by atoms with Gasteiger partial charge in [-0.05, 0) is 29.2 Å². The second-order valence-corrected chi connectivity index (χ2v) is 6.03. The van der Waals surface area contributed by atoms with Crippen molar-refractivity contribution in [1.82, 2.24) is 10.6 Å². The zero-order valence-electron chi connectivity index (χ0n) is 13.0. The third-order valence-electron chi connectivity index (χ3n) is 4.22. The molecule has 3 N–H and O–H groups in total. The number of nitrogens with one attached hydrogen (secondary N) is 2. The summed E-state index contributed by atoms with van der Waals surface area (Å²) < 4.78 is 0. The number of carboxylic acid groups (broad SMARTS) is 1. The van der Waals surface area contributed by atoms with Crippen LogP contribution in [-0.4, -0.2) is 35.0 Å². The van der Waals surface area contributed by atoms with Gasteiger partial charge in [0.05, 0.1) is 13.0 Å². The normalized spacial score (nSPS) is 14.8. The van der Waals surface area contributed by atoms with Gasteiger partial charge in [-0.2, -0.15) is 0 Å². The number of benzene rings is 2. The Balaban J connectivity index is 1.56. The van der Waals surface area contributed by atoms with E-state index in [1.807, 2.05) is 42.5 Å². The number of hydrogen-bond acceptors (Lipinski definition) is 3. The van der Waals surface area contributed by atoms with Crippen molar-refractivity contribution in [2.24, 2.45) is 0 Å². The van der Waals surface area contributed by atoms with Gasteiger partial charge in [-0.3, -0.25) is 9.59 Å². The number of rotatable bonds is 6. The molecule has 0 aromatic heterocycles. The smallest absolute Gasteiger partial charge is 0.329 e. The van der Waals surface area contributed by atoms with Gasteiger partial charge in [-0.25, -0.2) is 4.79 Å². The number of fused-ring (bicyclic) bond motifs is 1. The topological polar surface area (TPSA) is 95.5 Å². The first-order valence-electron chi connectivity index (χ1n) is 7.78. The molecule has 124 valence electrons. The molecule has 1 aliphatic rings. The molecule has 24 heavy (non-hydrogen) atoms. The lowest BCUT2D eigenvalue weighted by molar-refractivity contribution is -0.143. The summed E-state index contributed by atoms with van der Waals surface area (Å²) in [7, 11) is 0. The van der Waals surface area contributed by atoms with Crippen LogP contribution in [0.3, 0.4) is 0 Å². The summed E-state index contributed by atoms with van der Waals surface area (Å²) in [6, 6.07) is 13.5. The molecule has 0 unspecified atom stereocenters. The molecule has 0 aliphatic heterocycles. The lowest BCUT2D eigenvalue weighted by atomic mass is 10.0. The van der Waals surface area contributed by atoms with E-state index >= 15 is 0 Å². The molecule has 2 aromatic carbocycles. The van der Waals surface area contributed by atoms with E-state index in [2.05, 4.69) is 10.6 Å². The molecular formula is C18H18N2O4. The summed E-state index contributed by atoms with van der Waals surface area (Å²) in [5.41, 5.74) is -0.243. The van der Waals surface area contributed by atoms with Crippen LogP contribution in [0.1, 0.15) is 18.4 Å². The molecule has 6 heteroatoms. The maximum Gasteiger partial charge on any atom is 0.329 e. The number of amides is 2. The Morgan fingerprint density at radius 2 is 1.71 bits per heavy atom. The maximum absolute atomic E-state index is 12.1. The van der Waals surface area contributed by atoms with Crippen LogP contribution in [0.15, 0.2) is 42.5 Å². The maximum atomic E-state index is 12.1. The Morgan fingerprint density at radius 1 is 1.00 bits per heavy atom. The molecule has 0 atom stereocenters. The first-order valence-corrected chi connectivity index (χ1v) is 7.78. The van der Waals surface area contributed by atoms with Crippen LogP contribution in [0.4, 0.5) is 0 Å². The third-order valence-corrected chi connectivity index (χ3v) is 4.22. The van der Waals surface area contributed by atoms with E-state index in [0.717, 1.165) is 16.3 Å². The molecule has 1 saturated carbocycles. The van der Waals surface area contributed by atoms with Crippen molar-refractivity contribution in [3.8, 4) is 0 Å². The molecular weight excluding hydrogens is 308 g/mol. The number of carbonyl (C=O) groups excluding carboxylic acids is 2. The van der Waals surface area contributed by atoms with Crippen molar-refractivity contribution >= 4 is 28.6 Å². The van der Waals surface area contributed by atoms with Gasteiger partial charge in [-0.15, -0.1) is 0 Å². The summed E-state index contributed by atoms with van der Waals surface area (Å²) in [5.74, 6) is -1.79. The Hall–Kier alpha value is -2.89. The van der Waals surface area contributed by atoms with Crippen LogP contribution in [-0.2, 0) is 20.8 Å². The van der Waals surface area contributed by atoms with Crippen molar-refractivity contribution in [1.29, 1.82) is 0 Å². The van der Waals surface area contributed by atoms with Gasteiger partial charge in [0.15, 0.2) is 0 Å². The van der Waals surface area contributed by atoms with Gasteiger partial charge >= 0.3 is 5.97 Å². The zero-order valence-corrected chi connectivity index (χ0v) is 13.0. The van der Waals surface area contributed by atoms with Gasteiger partial charge < -0.3 is 15.7 Å². The number of carbonyl (C=O) groups is 3. The van der Waals surface area contributed by atoms with E-state index in [1.54, 1.807) is 0 Å². The van der Waals surface area contributed by atoms with E-state index < -0.39 is 17.4 Å². The molecule has 0 bridgehead atoms. The van der Waals surface area contributed by atoms with E-state index in [0.29, 0.717) is 12.8 Å². The molecule has 6 nitrogen and oxygen atoms in total. The van der Waals surface area contributed by atoms with Crippen LogP contribution in [0, 0.1) is 0 Å². The van der Waals surface area contributed by atoms with E-state index in [4.69, 9.17) is 5.11 Å². The second-order valence-electron chi connectivity index (χ2n) is 6.03. The van der Waals surface area contributed by atoms with Crippen molar-refractivity contribution in [2.75, 3.05) is 6.54 Å². The fourth-order valence-electron chi connectivity index (χ4n) is 2.69. The van der Waals surface area contributed by atoms with Crippen LogP contribution < -0.4 is 10.6 Å². The van der Waals surface area contributed by atoms with Crippen LogP contribution in [0.5, 0.6) is 0 Å². The highest BCUT2D eigenvalue weighted by Gasteiger charge is 2.51. The summed E-state index contributed by atoms with van der Waals surface area (Å²) in [5, 5.41) is 16.1. The second kappa shape index (κ2) is 6.31. The summed E-state index contributed by atoms with van der Waals surface area (Å²) in [4.78, 5) is 34.9. The monoisotopic (exact) mass is 326 g/mol. The minimum Gasteiger partial charge on any atom is -0.480 e. The fraction of sp³-hybridized carbons (Fsp3) is 0.278. The average Bonchev–Trinajstić information content (AvgIpc) is 3.34. The Kier molecular flexibility index (Phi) is 4.20. The predicted molar refractivity (Wildman–Crippen MR) is 88.4 cm³/mol. The molecule has 0 radical (unpaired) electrons. The van der Waals surface area contributed by atoms with Gasteiger partial charge in [0.2, 0.25) is 11.8 Å². The minimum absolute atomic E-state index is 0.165. The molecule has 2 aromatic rings. The van der Waals surface area contributed by atoms with Crippen molar-refractivity contribution in [3.05, 3.63) is 48.0 Å². The average molecular weight is 326 g/mol. The molecule has 0 heterocycles. The number of hydrogen-bond donors (Lipinski definition) is 3. The highest BCUT2D eigenvalue weighted by Crippen LogP contribution is 2.35. The Labute approximate surface area is 138 Å². The number of aliphatic carboxylic acids is 1. The summed E-state index contributed by atoms with van der Waals surface area (Å²) in [6.45, 7) is -0.224. The summed E-state index contributed by atoms with van der Waals surface area (Å²) >= 11 is 0. The van der Waals surface area contributed by atoms with E-state index in [1.165, 1.54) is 0 Å². The van der Waals surface area contributed by atoms with Crippen LogP contribution in [0.2, 0.25) is 0 Å². The summed E-state index contributed by atoms with van der Waals surface area (Å²) in [6.07, 6.45) is 1.02. The minimum atomic E-state index is -1.13. The predicted octanol–water partition coefficient (Wildman–Crippen LogP) is 1.23. The zero-order chi connectivity index (χ0) is 17.2. The Bertz CT molecular complexity index is 806. The molecule has 1 fully saturated rings. The fourth-order valence-corrected chi connectivity index (χ4v) is 2.69. The molecule has 3 rings (SSSR count). The first-order chi connectivity index (χ1) is 11.5.